The number of rotatable bonds is 2. The Labute approximate surface area is 70.0 Å². The Morgan fingerprint density at radius 3 is 2.45 bits per heavy atom. The van der Waals surface area contributed by atoms with Crippen LogP contribution in [-0.2, 0) is 9.53 Å². The minimum Gasteiger partial charge on any atom is -0.377 e. The van der Waals surface area contributed by atoms with E-state index in [1.165, 1.54) is 0 Å². The van der Waals surface area contributed by atoms with E-state index in [0.29, 0.717) is 5.57 Å². The second kappa shape index (κ2) is 4.91. The van der Waals surface area contributed by atoms with Crippen LogP contribution in [0.25, 0.3) is 0 Å². The van der Waals surface area contributed by atoms with E-state index in [2.05, 4.69) is 4.74 Å². The van der Waals surface area contributed by atoms with Crippen LogP contribution >= 0.6 is 11.6 Å². The van der Waals surface area contributed by atoms with Gasteiger partial charge >= 0.3 is 11.4 Å². The molecule has 0 N–H and O–H groups in total. The van der Waals surface area contributed by atoms with Gasteiger partial charge < -0.3 is 4.74 Å². The topological polar surface area (TPSA) is 43.4 Å². The van der Waals surface area contributed by atoms with Crippen molar-refractivity contribution < 1.29 is 14.3 Å². The lowest BCUT2D eigenvalue weighted by Gasteiger charge is -1.96. The molecule has 0 spiro atoms. The van der Waals surface area contributed by atoms with Crippen molar-refractivity contribution in [3.8, 4) is 0 Å². The molecule has 0 aromatic carbocycles. The Morgan fingerprint density at radius 1 is 1.55 bits per heavy atom. The van der Waals surface area contributed by atoms with Gasteiger partial charge in [0.25, 0.3) is 0 Å². The van der Waals surface area contributed by atoms with Crippen molar-refractivity contribution in [3.63, 3.8) is 0 Å². The Morgan fingerprint density at radius 2 is 2.09 bits per heavy atom. The molecule has 0 aromatic rings. The van der Waals surface area contributed by atoms with Gasteiger partial charge in [0.05, 0.1) is 0 Å². The van der Waals surface area contributed by atoms with Crippen LogP contribution in [0.2, 0.25) is 0 Å². The number of carbonyl (C=O) groups is 2. The van der Waals surface area contributed by atoms with Gasteiger partial charge in [-0.2, -0.15) is 0 Å². The molecule has 4 heteroatoms. The van der Waals surface area contributed by atoms with E-state index in [0.717, 1.165) is 6.42 Å². The summed E-state index contributed by atoms with van der Waals surface area (Å²) in [5, 5.41) is 0. The van der Waals surface area contributed by atoms with Gasteiger partial charge in [0.2, 0.25) is 0 Å². The third-order valence-corrected chi connectivity index (χ3v) is 1.08. The molecule has 0 amide bonds. The zero-order valence-electron chi connectivity index (χ0n) is 6.39. The summed E-state index contributed by atoms with van der Waals surface area (Å²) in [6.07, 6.45) is 2.37. The molecule has 0 aromatic heterocycles. The first-order valence-corrected chi connectivity index (χ1v) is 3.54. The summed E-state index contributed by atoms with van der Waals surface area (Å²) in [4.78, 5) is 20.8. The first kappa shape index (κ1) is 10.2. The van der Waals surface area contributed by atoms with Crippen molar-refractivity contribution >= 4 is 23.0 Å². The molecule has 0 rings (SSSR count). The second-order valence-corrected chi connectivity index (χ2v) is 2.23. The molecule has 0 heterocycles. The monoisotopic (exact) mass is 176 g/mol. The summed E-state index contributed by atoms with van der Waals surface area (Å²) in [5.41, 5.74) is -0.708. The van der Waals surface area contributed by atoms with Gasteiger partial charge in [0.1, 0.15) is 0 Å². The van der Waals surface area contributed by atoms with Crippen molar-refractivity contribution in [2.45, 2.75) is 20.3 Å². The van der Waals surface area contributed by atoms with E-state index in [1.807, 2.05) is 6.92 Å². The predicted octanol–water partition coefficient (Wildman–Crippen LogP) is 2.24. The molecule has 0 atom stereocenters. The highest BCUT2D eigenvalue weighted by atomic mass is 35.5. The molecule has 0 bridgehead atoms. The highest BCUT2D eigenvalue weighted by Gasteiger charge is 2.08. The fourth-order valence-corrected chi connectivity index (χ4v) is 0.613. The van der Waals surface area contributed by atoms with Crippen molar-refractivity contribution in [1.29, 1.82) is 0 Å². The number of halogens is 1. The minimum absolute atomic E-state index is 0.390. The summed E-state index contributed by atoms with van der Waals surface area (Å²) >= 11 is 4.81. The summed E-state index contributed by atoms with van der Waals surface area (Å²) < 4.78 is 4.08. The van der Waals surface area contributed by atoms with Crippen LogP contribution in [0.3, 0.4) is 0 Å². The van der Waals surface area contributed by atoms with Gasteiger partial charge in [-0.25, -0.2) is 9.59 Å². The molecule has 0 aliphatic heterocycles. The van der Waals surface area contributed by atoms with Gasteiger partial charge in [-0.3, -0.25) is 0 Å². The molecule has 62 valence electrons. The average molecular weight is 177 g/mol. The standard InChI is InChI=1S/C7H9ClO3/c1-3-4-5(2)6(9)11-7(8)10/h4H,3H2,1-2H3. The van der Waals surface area contributed by atoms with Gasteiger partial charge in [-0.05, 0) is 13.3 Å². The normalized spacial score (nSPS) is 11.0. The predicted molar refractivity (Wildman–Crippen MR) is 41.4 cm³/mol. The maximum atomic E-state index is 10.7. The lowest BCUT2D eigenvalue weighted by atomic mass is 10.2. The number of carbonyl (C=O) groups excluding carboxylic acids is 2. The molecule has 3 nitrogen and oxygen atoms in total. The Balaban J connectivity index is 4.03. The fraction of sp³-hybridized carbons (Fsp3) is 0.429. The van der Waals surface area contributed by atoms with Gasteiger partial charge in [0, 0.05) is 17.2 Å². The Hall–Kier alpha value is -0.830. The Bertz CT molecular complexity index is 196. The minimum atomic E-state index is -1.10. The Kier molecular flexibility index (Phi) is 4.54. The molecule has 11 heavy (non-hydrogen) atoms. The van der Waals surface area contributed by atoms with Gasteiger partial charge in [-0.15, -0.1) is 0 Å². The number of hydrogen-bond donors (Lipinski definition) is 0. The van der Waals surface area contributed by atoms with E-state index in [-0.39, 0.29) is 0 Å². The second-order valence-electron chi connectivity index (χ2n) is 1.92. The van der Waals surface area contributed by atoms with E-state index in [4.69, 9.17) is 11.6 Å². The highest BCUT2D eigenvalue weighted by molar-refractivity contribution is 6.62. The molecule has 0 saturated heterocycles. The number of esters is 1. The number of hydrogen-bond acceptors (Lipinski definition) is 3. The van der Waals surface area contributed by atoms with Crippen molar-refractivity contribution in [1.82, 2.24) is 0 Å². The van der Waals surface area contributed by atoms with Crippen LogP contribution in [0.5, 0.6) is 0 Å². The summed E-state index contributed by atoms with van der Waals surface area (Å²) in [5.74, 6) is -0.688. The molecule has 0 aliphatic carbocycles. The molecule has 0 saturated carbocycles. The fourth-order valence-electron chi connectivity index (χ4n) is 0.543. The van der Waals surface area contributed by atoms with Crippen LogP contribution in [0.15, 0.2) is 11.6 Å². The van der Waals surface area contributed by atoms with Crippen LogP contribution in [-0.4, -0.2) is 11.4 Å². The lowest BCUT2D eigenvalue weighted by Crippen LogP contribution is -2.07. The highest BCUT2D eigenvalue weighted by Crippen LogP contribution is 2.00. The van der Waals surface area contributed by atoms with Crippen molar-refractivity contribution in [2.75, 3.05) is 0 Å². The van der Waals surface area contributed by atoms with Crippen LogP contribution in [0, 0.1) is 0 Å². The third kappa shape index (κ3) is 4.56. The quantitative estimate of drug-likeness (QED) is 0.281. The molecule has 0 unspecified atom stereocenters. The smallest absolute Gasteiger partial charge is 0.377 e. The first-order valence-electron chi connectivity index (χ1n) is 3.16. The SMILES string of the molecule is CCC=C(C)C(=O)OC(=O)Cl. The average Bonchev–Trinajstić information content (AvgIpc) is 1.86. The molecular formula is C7H9ClO3. The van der Waals surface area contributed by atoms with Gasteiger partial charge in [-0.1, -0.05) is 13.0 Å². The maximum absolute atomic E-state index is 10.7. The lowest BCUT2D eigenvalue weighted by molar-refractivity contribution is -0.132. The maximum Gasteiger partial charge on any atom is 0.411 e. The van der Waals surface area contributed by atoms with E-state index < -0.39 is 11.4 Å². The third-order valence-electron chi connectivity index (χ3n) is 1.01. The summed E-state index contributed by atoms with van der Waals surface area (Å²) in [6, 6.07) is 0. The van der Waals surface area contributed by atoms with E-state index in [1.54, 1.807) is 13.0 Å². The summed E-state index contributed by atoms with van der Waals surface area (Å²) in [6.45, 7) is 3.44. The van der Waals surface area contributed by atoms with Crippen LogP contribution in [0.1, 0.15) is 20.3 Å². The largest absolute Gasteiger partial charge is 0.411 e. The number of ether oxygens (including phenoxy) is 1. The molecular weight excluding hydrogens is 168 g/mol. The van der Waals surface area contributed by atoms with E-state index >= 15 is 0 Å². The van der Waals surface area contributed by atoms with Gasteiger partial charge in [0.15, 0.2) is 0 Å². The summed E-state index contributed by atoms with van der Waals surface area (Å²) in [7, 11) is 0. The van der Waals surface area contributed by atoms with E-state index in [9.17, 15) is 9.59 Å². The van der Waals surface area contributed by atoms with Crippen molar-refractivity contribution in [3.05, 3.63) is 11.6 Å². The zero-order chi connectivity index (χ0) is 8.85. The van der Waals surface area contributed by atoms with Crippen LogP contribution in [0.4, 0.5) is 4.79 Å². The molecule has 0 radical (unpaired) electrons. The zero-order valence-corrected chi connectivity index (χ0v) is 7.14. The molecule has 0 aliphatic rings. The number of allylic oxidation sites excluding steroid dienone is 1. The first-order chi connectivity index (χ1) is 5.07. The molecule has 0 fully saturated rings. The van der Waals surface area contributed by atoms with Crippen molar-refractivity contribution in [2.24, 2.45) is 0 Å². The van der Waals surface area contributed by atoms with Crippen LogP contribution < -0.4 is 0 Å².